The third-order valence-electron chi connectivity index (χ3n) is 9.83. The minimum absolute atomic E-state index is 0.328. The molecule has 7 aromatic heterocycles. The van der Waals surface area contributed by atoms with Gasteiger partial charge in [-0.3, -0.25) is 0 Å². The summed E-state index contributed by atoms with van der Waals surface area (Å²) in [5.74, 6) is 1.05. The maximum atomic E-state index is 15.4. The highest BCUT2D eigenvalue weighted by Crippen LogP contribution is 2.52. The van der Waals surface area contributed by atoms with Gasteiger partial charge in [0.25, 0.3) is 0 Å². The van der Waals surface area contributed by atoms with Crippen molar-refractivity contribution in [2.24, 2.45) is 0 Å². The second kappa shape index (κ2) is 10.8. The van der Waals surface area contributed by atoms with Crippen LogP contribution >= 0.6 is 7.14 Å². The van der Waals surface area contributed by atoms with Crippen LogP contribution in [0, 0.1) is 0 Å². The van der Waals surface area contributed by atoms with E-state index in [0.717, 1.165) is 48.6 Å². The molecule has 1 unspecified atom stereocenters. The maximum Gasteiger partial charge on any atom is 0.242 e. The molecule has 0 amide bonds. The van der Waals surface area contributed by atoms with Gasteiger partial charge in [0.1, 0.15) is 22.6 Å². The lowest BCUT2D eigenvalue weighted by atomic mass is 10.0. The summed E-state index contributed by atoms with van der Waals surface area (Å²) in [7, 11) is -3.22. The first-order chi connectivity index (χ1) is 25.7. The summed E-state index contributed by atoms with van der Waals surface area (Å²) in [5, 5.41) is 6.06. The average molecular weight is 690 g/mol. The Kier molecular flexibility index (Phi) is 6.00. The smallest absolute Gasteiger partial charge is 0.242 e. The molecule has 8 heterocycles. The van der Waals surface area contributed by atoms with E-state index in [1.54, 1.807) is 24.8 Å². The molecule has 3 aromatic carbocycles. The minimum Gasteiger partial charge on any atom is -0.309 e. The summed E-state index contributed by atoms with van der Waals surface area (Å²) in [6, 6.07) is 39.4. The lowest BCUT2D eigenvalue weighted by Crippen LogP contribution is -2.20. The second-order valence-corrected chi connectivity index (χ2v) is 15.3. The van der Waals surface area contributed by atoms with E-state index in [2.05, 4.69) is 0 Å². The largest absolute Gasteiger partial charge is 0.309 e. The third-order valence-corrected chi connectivity index (χ3v) is 13.0. The summed E-state index contributed by atoms with van der Waals surface area (Å²) < 4.78 is 19.2. The molecule has 11 rings (SSSR count). The van der Waals surface area contributed by atoms with Crippen molar-refractivity contribution in [2.75, 3.05) is 0 Å². The van der Waals surface area contributed by atoms with Crippen LogP contribution in [0.3, 0.4) is 0 Å². The quantitative estimate of drug-likeness (QED) is 0.183. The minimum atomic E-state index is -3.22. The predicted molar refractivity (Wildman–Crippen MR) is 204 cm³/mol. The van der Waals surface area contributed by atoms with Crippen LogP contribution in [0.2, 0.25) is 0 Å². The molecule has 10 aromatic rings. The van der Waals surface area contributed by atoms with Gasteiger partial charge in [-0.15, -0.1) is 0 Å². The number of hydrogen-bond acceptors (Lipinski definition) is 8. The Balaban J connectivity index is 1.22. The van der Waals surface area contributed by atoms with Crippen LogP contribution in [0.25, 0.3) is 78.5 Å². The summed E-state index contributed by atoms with van der Waals surface area (Å²) in [6.45, 7) is 0. The monoisotopic (exact) mass is 689 g/mol. The fraction of sp³-hybridized carbons (Fsp3) is 0. The summed E-state index contributed by atoms with van der Waals surface area (Å²) in [5.41, 5.74) is 5.25. The zero-order valence-electron chi connectivity index (χ0n) is 27.2. The van der Waals surface area contributed by atoms with Crippen molar-refractivity contribution in [1.82, 2.24) is 44.0 Å². The first-order valence-electron chi connectivity index (χ1n) is 16.8. The van der Waals surface area contributed by atoms with E-state index >= 15 is 4.57 Å². The Morgan fingerprint density at radius 3 is 1.46 bits per heavy atom. The van der Waals surface area contributed by atoms with Crippen LogP contribution < -0.4 is 15.9 Å². The van der Waals surface area contributed by atoms with E-state index in [1.165, 1.54) is 0 Å². The van der Waals surface area contributed by atoms with Crippen LogP contribution in [-0.4, -0.2) is 44.0 Å². The number of fused-ring (bicyclic) bond motifs is 9. The van der Waals surface area contributed by atoms with Crippen LogP contribution in [0.4, 0.5) is 0 Å². The molecule has 10 nitrogen and oxygen atoms in total. The Morgan fingerprint density at radius 1 is 0.442 bits per heavy atom. The fourth-order valence-corrected chi connectivity index (χ4v) is 10.7. The molecule has 0 saturated carbocycles. The molecule has 1 atom stereocenters. The van der Waals surface area contributed by atoms with E-state index in [4.69, 9.17) is 34.9 Å². The molecule has 0 radical (unpaired) electrons. The van der Waals surface area contributed by atoms with E-state index in [0.29, 0.717) is 45.9 Å². The van der Waals surface area contributed by atoms with Crippen molar-refractivity contribution < 1.29 is 4.57 Å². The molecule has 1 aliphatic rings. The van der Waals surface area contributed by atoms with Gasteiger partial charge >= 0.3 is 0 Å². The molecular formula is C41H24N9OP. The second-order valence-electron chi connectivity index (χ2n) is 12.6. The molecule has 52 heavy (non-hydrogen) atoms. The highest BCUT2D eigenvalue weighted by atomic mass is 31.2. The Morgan fingerprint density at radius 2 is 0.923 bits per heavy atom. The summed E-state index contributed by atoms with van der Waals surface area (Å²) >= 11 is 0. The van der Waals surface area contributed by atoms with E-state index in [9.17, 15) is 0 Å². The van der Waals surface area contributed by atoms with E-state index in [1.807, 2.05) is 130 Å². The van der Waals surface area contributed by atoms with Gasteiger partial charge in [0.15, 0.2) is 13.0 Å². The molecule has 0 N–H and O–H groups in total. The van der Waals surface area contributed by atoms with Crippen molar-refractivity contribution in [2.45, 2.75) is 0 Å². The first-order valence-corrected chi connectivity index (χ1v) is 18.5. The van der Waals surface area contributed by atoms with Crippen molar-refractivity contribution in [1.29, 1.82) is 0 Å². The van der Waals surface area contributed by atoms with Crippen molar-refractivity contribution in [3.05, 3.63) is 146 Å². The highest BCUT2D eigenvalue weighted by molar-refractivity contribution is 7.86. The van der Waals surface area contributed by atoms with Gasteiger partial charge in [-0.05, 0) is 65.7 Å². The number of nitrogens with zero attached hydrogens (tertiary/aromatic N) is 9. The zero-order chi connectivity index (χ0) is 34.4. The molecular weight excluding hydrogens is 665 g/mol. The average Bonchev–Trinajstić information content (AvgIpc) is 3.82. The maximum absolute atomic E-state index is 15.4. The van der Waals surface area contributed by atoms with Gasteiger partial charge in [-0.25, -0.2) is 29.1 Å². The topological polar surface area (TPSA) is 117 Å². The van der Waals surface area contributed by atoms with Gasteiger partial charge in [-0.2, -0.15) is 15.0 Å². The summed E-state index contributed by atoms with van der Waals surface area (Å²) in [6.07, 6.45) is 7.00. The van der Waals surface area contributed by atoms with Crippen molar-refractivity contribution in [3.63, 3.8) is 0 Å². The zero-order valence-corrected chi connectivity index (χ0v) is 28.1. The number of benzene rings is 3. The lowest BCUT2D eigenvalue weighted by molar-refractivity contribution is 0.593. The first kappa shape index (κ1) is 28.9. The molecule has 0 fully saturated rings. The van der Waals surface area contributed by atoms with Gasteiger partial charge in [0.05, 0.1) is 0 Å². The predicted octanol–water partition coefficient (Wildman–Crippen LogP) is 6.93. The Bertz CT molecular complexity index is 2900. The number of aromatic nitrogens is 9. The molecule has 11 heteroatoms. The Hall–Kier alpha value is -6.90. The molecule has 0 bridgehead atoms. The van der Waals surface area contributed by atoms with Gasteiger partial charge in [0, 0.05) is 67.8 Å². The van der Waals surface area contributed by atoms with Gasteiger partial charge in [0.2, 0.25) is 11.9 Å². The van der Waals surface area contributed by atoms with Crippen LogP contribution in [0.1, 0.15) is 0 Å². The van der Waals surface area contributed by atoms with Crippen LogP contribution in [0.5, 0.6) is 0 Å². The number of rotatable bonds is 4. The summed E-state index contributed by atoms with van der Waals surface area (Å²) in [4.78, 5) is 34.4. The van der Waals surface area contributed by atoms with Crippen molar-refractivity contribution >= 4 is 67.2 Å². The van der Waals surface area contributed by atoms with Crippen molar-refractivity contribution in [3.8, 4) is 34.4 Å². The lowest BCUT2D eigenvalue weighted by Gasteiger charge is -2.16. The van der Waals surface area contributed by atoms with Crippen LogP contribution in [-0.2, 0) is 4.57 Å². The molecule has 0 saturated heterocycles. The SMILES string of the molecule is O=P1(c2ccccc2)c2ccccc2-c2ccc(-c3nc(-n4c5ncccc5c5cccnc54)nc(-n4c5ncccc5c5cccnc54)n3)cc21. The normalized spacial score (nSPS) is 15.1. The van der Waals surface area contributed by atoms with E-state index in [-0.39, 0.29) is 0 Å². The number of pyridine rings is 4. The third kappa shape index (κ3) is 3.95. The molecule has 0 aliphatic carbocycles. The van der Waals surface area contributed by atoms with Gasteiger partial charge < -0.3 is 4.57 Å². The van der Waals surface area contributed by atoms with E-state index < -0.39 is 7.14 Å². The standard InChI is InChI=1S/C41H24N9OP/c51-52(26-10-2-1-3-11-26)33-17-5-4-12-27(33)28-19-18-25(24-34(28)52)35-46-40(49-36-29(13-6-20-42-36)30-14-7-21-43-37(30)49)48-41(47-35)50-38-31(15-8-22-44-38)32-16-9-23-45-39(32)50/h1-24H. The number of hydrogen-bond donors (Lipinski definition) is 0. The van der Waals surface area contributed by atoms with Gasteiger partial charge in [-0.1, -0.05) is 66.7 Å². The fourth-order valence-electron chi connectivity index (χ4n) is 7.58. The Labute approximate surface area is 295 Å². The molecule has 0 spiro atoms. The molecule has 244 valence electrons. The molecule has 1 aliphatic heterocycles. The highest BCUT2D eigenvalue weighted by Gasteiger charge is 2.40. The van der Waals surface area contributed by atoms with Crippen LogP contribution in [0.15, 0.2) is 146 Å².